The van der Waals surface area contributed by atoms with Crippen molar-refractivity contribution >= 4 is 10.9 Å². The minimum Gasteiger partial charge on any atom is -0.508 e. The van der Waals surface area contributed by atoms with Gasteiger partial charge in [0.05, 0.1) is 20.4 Å². The third-order valence-corrected chi connectivity index (χ3v) is 12.8. The molecule has 1 fully saturated rings. The molecule has 1 aromatic heterocycles. The molecule has 4 atom stereocenters. The standard InChI is InChI=1S/C47H54N2O8/c1-54-41-22-31(20-29(44(41)53)6-5-17-50)45-42(55-26-49-32-7-3-2-4-8-32)24-39-38-21-30(19-27-9-14-40-28(18-27)15-16-48-40)37-23-33(52)10-12-35(37)43(38)47-36(46(39)57-45)13-11-34(25-51)56-47/h9-10,12,14-16,18,20,22-23,30,32,34,42,45,48-53H,2-8,11,13,17,19,21,24-26H2,1H3. The van der Waals surface area contributed by atoms with Crippen molar-refractivity contribution in [2.24, 2.45) is 0 Å². The van der Waals surface area contributed by atoms with E-state index in [-0.39, 0.29) is 42.8 Å². The molecule has 0 amide bonds. The number of H-pyrrole nitrogens is 1. The van der Waals surface area contributed by atoms with E-state index in [1.165, 1.54) is 30.2 Å². The lowest BCUT2D eigenvalue weighted by molar-refractivity contribution is -0.0486. The Bertz CT molecular complexity index is 2240. The van der Waals surface area contributed by atoms with Gasteiger partial charge in [0.2, 0.25) is 0 Å². The molecule has 4 unspecified atom stereocenters. The molecule has 4 aromatic carbocycles. The van der Waals surface area contributed by atoms with Crippen LogP contribution in [0.1, 0.15) is 95.9 Å². The van der Waals surface area contributed by atoms with E-state index >= 15 is 0 Å². The molecule has 4 aliphatic rings. The van der Waals surface area contributed by atoms with Crippen molar-refractivity contribution in [3.8, 4) is 39.9 Å². The van der Waals surface area contributed by atoms with Crippen LogP contribution in [0.2, 0.25) is 0 Å². The lowest BCUT2D eigenvalue weighted by atomic mass is 9.72. The minimum atomic E-state index is -0.526. The first kappa shape index (κ1) is 37.8. The fourth-order valence-corrected chi connectivity index (χ4v) is 9.90. The van der Waals surface area contributed by atoms with Gasteiger partial charge >= 0.3 is 0 Å². The predicted molar refractivity (Wildman–Crippen MR) is 219 cm³/mol. The summed E-state index contributed by atoms with van der Waals surface area (Å²) in [7, 11) is 1.55. The second kappa shape index (κ2) is 16.3. The number of aliphatic hydroxyl groups is 2. The summed E-state index contributed by atoms with van der Waals surface area (Å²) < 4.78 is 26.6. The average Bonchev–Trinajstić information content (AvgIpc) is 3.71. The Balaban J connectivity index is 1.17. The maximum absolute atomic E-state index is 11.1. The summed E-state index contributed by atoms with van der Waals surface area (Å²) in [6.45, 7) is 0.307. The number of fused-ring (bicyclic) bond motifs is 9. The quantitative estimate of drug-likeness (QED) is 0.0703. The number of benzene rings is 4. The van der Waals surface area contributed by atoms with Crippen LogP contribution >= 0.6 is 0 Å². The number of methoxy groups -OCH3 is 1. The highest BCUT2D eigenvalue weighted by Gasteiger charge is 2.42. The van der Waals surface area contributed by atoms with Crippen LogP contribution < -0.4 is 19.5 Å². The second-order valence-electron chi connectivity index (χ2n) is 16.4. The lowest BCUT2D eigenvalue weighted by Crippen LogP contribution is -2.40. The summed E-state index contributed by atoms with van der Waals surface area (Å²) in [5.74, 6) is 2.29. The number of rotatable bonds is 12. The van der Waals surface area contributed by atoms with E-state index in [0.29, 0.717) is 62.6 Å². The van der Waals surface area contributed by atoms with Gasteiger partial charge in [-0.05, 0) is 139 Å². The summed E-state index contributed by atoms with van der Waals surface area (Å²) in [5, 5.41) is 46.9. The predicted octanol–water partition coefficient (Wildman–Crippen LogP) is 7.69. The van der Waals surface area contributed by atoms with E-state index in [2.05, 4.69) is 34.6 Å². The number of nitrogens with one attached hydrogen (secondary N) is 2. The van der Waals surface area contributed by atoms with Gasteiger partial charge in [-0.3, -0.25) is 5.32 Å². The van der Waals surface area contributed by atoms with Gasteiger partial charge in [0, 0.05) is 47.5 Å². The molecule has 57 heavy (non-hydrogen) atoms. The fraction of sp³-hybridized carbons (Fsp3) is 0.447. The van der Waals surface area contributed by atoms with E-state index < -0.39 is 6.10 Å². The molecule has 6 N–H and O–H groups in total. The minimum absolute atomic E-state index is 0.00834. The summed E-state index contributed by atoms with van der Waals surface area (Å²) in [6, 6.07) is 18.6. The van der Waals surface area contributed by atoms with Gasteiger partial charge in [-0.1, -0.05) is 31.4 Å². The molecule has 10 heteroatoms. The van der Waals surface area contributed by atoms with Gasteiger partial charge in [0.15, 0.2) is 17.6 Å². The number of ether oxygens (including phenoxy) is 4. The van der Waals surface area contributed by atoms with Crippen molar-refractivity contribution in [2.45, 2.75) is 107 Å². The molecule has 300 valence electrons. The lowest BCUT2D eigenvalue weighted by Gasteiger charge is -2.41. The number of aryl methyl sites for hydroxylation is 1. The Kier molecular flexibility index (Phi) is 10.8. The Morgan fingerprint density at radius 3 is 2.58 bits per heavy atom. The SMILES string of the molecule is COc1cc(C2Oc3c(c4c(c5c3CCC(CO)O5)-c3ccc(O)cc3C(Cc3ccc5[nH]ccc5c3)C4)CC2OCNC2CCCCC2)cc(CCCO)c1O. The number of aromatic hydroxyl groups is 2. The number of aliphatic hydroxyl groups excluding tert-OH is 2. The molecule has 0 bridgehead atoms. The Morgan fingerprint density at radius 1 is 0.877 bits per heavy atom. The van der Waals surface area contributed by atoms with Gasteiger partial charge in [-0.25, -0.2) is 0 Å². The van der Waals surface area contributed by atoms with Crippen molar-refractivity contribution in [3.05, 3.63) is 99.7 Å². The van der Waals surface area contributed by atoms with Crippen LogP contribution in [-0.2, 0) is 36.8 Å². The van der Waals surface area contributed by atoms with Crippen molar-refractivity contribution in [2.75, 3.05) is 27.1 Å². The van der Waals surface area contributed by atoms with Crippen LogP contribution in [0.4, 0.5) is 0 Å². The first-order chi connectivity index (χ1) is 27.9. The molecular formula is C47H54N2O8. The monoisotopic (exact) mass is 774 g/mol. The number of hydrogen-bond acceptors (Lipinski definition) is 9. The van der Waals surface area contributed by atoms with E-state index in [1.54, 1.807) is 13.2 Å². The fourth-order valence-electron chi connectivity index (χ4n) is 9.90. The molecule has 0 saturated heterocycles. The van der Waals surface area contributed by atoms with E-state index in [4.69, 9.17) is 18.9 Å². The zero-order chi connectivity index (χ0) is 39.0. The number of aromatic nitrogens is 1. The molecule has 5 aromatic rings. The average molecular weight is 775 g/mol. The zero-order valence-electron chi connectivity index (χ0n) is 32.7. The number of aromatic amines is 1. The molecule has 2 aliphatic carbocycles. The second-order valence-corrected chi connectivity index (χ2v) is 16.4. The molecule has 3 heterocycles. The maximum atomic E-state index is 11.1. The van der Waals surface area contributed by atoms with Gasteiger partial charge in [-0.2, -0.15) is 0 Å². The van der Waals surface area contributed by atoms with Crippen molar-refractivity contribution in [3.63, 3.8) is 0 Å². The Labute approximate surface area is 333 Å². The van der Waals surface area contributed by atoms with Crippen LogP contribution in [0.25, 0.3) is 22.0 Å². The third kappa shape index (κ3) is 7.33. The normalized spacial score (nSPS) is 21.5. The first-order valence-electron chi connectivity index (χ1n) is 20.8. The van der Waals surface area contributed by atoms with Crippen LogP contribution in [0.3, 0.4) is 0 Å². The molecule has 1 saturated carbocycles. The summed E-state index contributed by atoms with van der Waals surface area (Å²) in [6.07, 6.45) is 11.1. The number of phenolic OH excluding ortho intramolecular Hbond substituents is 2. The van der Waals surface area contributed by atoms with Crippen LogP contribution in [0.15, 0.2) is 60.8 Å². The highest BCUT2D eigenvalue weighted by Crippen LogP contribution is 2.56. The first-order valence-corrected chi connectivity index (χ1v) is 20.8. The van der Waals surface area contributed by atoms with Crippen molar-refractivity contribution in [1.29, 1.82) is 0 Å². The smallest absolute Gasteiger partial charge is 0.161 e. The maximum Gasteiger partial charge on any atom is 0.161 e. The largest absolute Gasteiger partial charge is 0.508 e. The summed E-state index contributed by atoms with van der Waals surface area (Å²) in [5.41, 5.74) is 10.2. The van der Waals surface area contributed by atoms with Crippen LogP contribution in [0.5, 0.6) is 28.7 Å². The molecule has 0 radical (unpaired) electrons. The molecule has 2 aliphatic heterocycles. The van der Waals surface area contributed by atoms with Crippen LogP contribution in [0, 0.1) is 0 Å². The number of hydrogen-bond donors (Lipinski definition) is 6. The van der Waals surface area contributed by atoms with Crippen LogP contribution in [-0.4, -0.2) is 70.7 Å². The van der Waals surface area contributed by atoms with Crippen molar-refractivity contribution in [1.82, 2.24) is 10.3 Å². The van der Waals surface area contributed by atoms with Gasteiger partial charge in [0.25, 0.3) is 0 Å². The highest BCUT2D eigenvalue weighted by molar-refractivity contribution is 5.85. The third-order valence-electron chi connectivity index (χ3n) is 12.8. The summed E-state index contributed by atoms with van der Waals surface area (Å²) in [4.78, 5) is 3.31. The van der Waals surface area contributed by atoms with E-state index in [0.717, 1.165) is 75.2 Å². The highest BCUT2D eigenvalue weighted by atomic mass is 16.6. The Morgan fingerprint density at radius 2 is 1.75 bits per heavy atom. The molecular weight excluding hydrogens is 721 g/mol. The van der Waals surface area contributed by atoms with Gasteiger partial charge < -0.3 is 44.4 Å². The van der Waals surface area contributed by atoms with Gasteiger partial charge in [0.1, 0.15) is 29.5 Å². The van der Waals surface area contributed by atoms with E-state index in [1.807, 2.05) is 30.5 Å². The summed E-state index contributed by atoms with van der Waals surface area (Å²) >= 11 is 0. The van der Waals surface area contributed by atoms with Gasteiger partial charge in [-0.15, -0.1) is 0 Å². The number of phenols is 2. The van der Waals surface area contributed by atoms with E-state index in [9.17, 15) is 20.4 Å². The topological polar surface area (TPSA) is 146 Å². The molecule has 10 nitrogen and oxygen atoms in total. The molecule has 0 spiro atoms. The molecule has 9 rings (SSSR count). The van der Waals surface area contributed by atoms with Crippen molar-refractivity contribution < 1.29 is 39.4 Å². The zero-order valence-corrected chi connectivity index (χ0v) is 32.7. The Hall–Kier alpha value is -4.74.